The van der Waals surface area contributed by atoms with Crippen LogP contribution >= 0.6 is 0 Å². The van der Waals surface area contributed by atoms with Gasteiger partial charge < -0.3 is 14.6 Å². The lowest BCUT2D eigenvalue weighted by molar-refractivity contribution is 0.103. The molecule has 0 aliphatic heterocycles. The molecule has 4 heteroatoms. The molecule has 0 fully saturated rings. The lowest BCUT2D eigenvalue weighted by Gasteiger charge is -2.11. The molecule has 0 radical (unpaired) electrons. The highest BCUT2D eigenvalue weighted by molar-refractivity contribution is 6.12. The van der Waals surface area contributed by atoms with Gasteiger partial charge in [-0.15, -0.1) is 0 Å². The number of rotatable bonds is 5. The molecule has 0 aliphatic carbocycles. The number of hydrogen-bond acceptors (Lipinski definition) is 4. The molecule has 0 atom stereocenters. The molecule has 0 saturated heterocycles. The number of phenols is 1. The van der Waals surface area contributed by atoms with E-state index in [1.807, 2.05) is 6.92 Å². The number of ether oxygens (including phenoxy) is 2. The molecule has 0 bridgehead atoms. The van der Waals surface area contributed by atoms with Crippen LogP contribution in [0.5, 0.6) is 17.2 Å². The quantitative estimate of drug-likeness (QED) is 0.503. The number of carbonyl (C=O) groups is 1. The molecule has 1 aromatic rings. The largest absolute Gasteiger partial charge is 0.507 e. The minimum Gasteiger partial charge on any atom is -0.507 e. The van der Waals surface area contributed by atoms with Gasteiger partial charge in [-0.25, -0.2) is 0 Å². The average Bonchev–Trinajstić information content (AvgIpc) is 2.43. The Labute approximate surface area is 113 Å². The molecule has 0 aliphatic rings. The van der Waals surface area contributed by atoms with Crippen LogP contribution in [0.4, 0.5) is 0 Å². The second-order valence-corrected chi connectivity index (χ2v) is 3.80. The predicted molar refractivity (Wildman–Crippen MR) is 74.1 cm³/mol. The van der Waals surface area contributed by atoms with Crippen LogP contribution in [0.3, 0.4) is 0 Å². The molecule has 1 N–H and O–H groups in total. The molecular formula is C15H18O4. The normalized spacial score (nSPS) is 11.7. The van der Waals surface area contributed by atoms with Gasteiger partial charge in [0.1, 0.15) is 5.75 Å². The molecule has 0 saturated carbocycles. The first-order chi connectivity index (χ1) is 9.08. The Morgan fingerprint density at radius 2 is 1.74 bits per heavy atom. The van der Waals surface area contributed by atoms with Crippen molar-refractivity contribution in [3.63, 3.8) is 0 Å². The SMILES string of the molecule is C/C=C\C(=C/C)C(=O)c1cc(OC)c(OC)cc1O. The summed E-state index contributed by atoms with van der Waals surface area (Å²) in [6.07, 6.45) is 5.15. The lowest BCUT2D eigenvalue weighted by Crippen LogP contribution is -2.03. The summed E-state index contributed by atoms with van der Waals surface area (Å²) in [4.78, 5) is 12.3. The van der Waals surface area contributed by atoms with Gasteiger partial charge in [0, 0.05) is 11.6 Å². The molecule has 4 nitrogen and oxygen atoms in total. The molecule has 102 valence electrons. The Hall–Kier alpha value is -2.23. The Morgan fingerprint density at radius 3 is 2.21 bits per heavy atom. The number of ketones is 1. The molecule has 1 aromatic carbocycles. The maximum absolute atomic E-state index is 12.3. The van der Waals surface area contributed by atoms with Crippen molar-refractivity contribution in [3.8, 4) is 17.2 Å². The second kappa shape index (κ2) is 6.64. The van der Waals surface area contributed by atoms with Crippen molar-refractivity contribution in [2.24, 2.45) is 0 Å². The van der Waals surface area contributed by atoms with E-state index in [1.165, 1.54) is 26.4 Å². The topological polar surface area (TPSA) is 55.8 Å². The molecule has 0 spiro atoms. The number of Topliss-reactive ketones (excluding diaryl/α,β-unsaturated/α-hetero) is 1. The Balaban J connectivity index is 3.31. The van der Waals surface area contributed by atoms with E-state index in [0.717, 1.165) is 0 Å². The maximum Gasteiger partial charge on any atom is 0.196 e. The van der Waals surface area contributed by atoms with Crippen LogP contribution < -0.4 is 9.47 Å². The van der Waals surface area contributed by atoms with Crippen LogP contribution in [0.1, 0.15) is 24.2 Å². The first-order valence-corrected chi connectivity index (χ1v) is 5.87. The van der Waals surface area contributed by atoms with Crippen molar-refractivity contribution in [1.29, 1.82) is 0 Å². The Morgan fingerprint density at radius 1 is 1.16 bits per heavy atom. The van der Waals surface area contributed by atoms with E-state index in [1.54, 1.807) is 25.2 Å². The van der Waals surface area contributed by atoms with Gasteiger partial charge in [0.15, 0.2) is 17.3 Å². The standard InChI is InChI=1S/C15H18O4/c1-5-7-10(6-2)15(17)11-8-13(18-3)14(19-4)9-12(11)16/h5-9,16H,1-4H3/b7-5-,10-6+. The second-order valence-electron chi connectivity index (χ2n) is 3.80. The summed E-state index contributed by atoms with van der Waals surface area (Å²) >= 11 is 0. The molecule has 0 heterocycles. The van der Waals surface area contributed by atoms with Gasteiger partial charge in [0.05, 0.1) is 19.8 Å². The number of benzene rings is 1. The zero-order chi connectivity index (χ0) is 14.4. The van der Waals surface area contributed by atoms with Crippen LogP contribution in [0.25, 0.3) is 0 Å². The first kappa shape index (κ1) is 14.8. The fourth-order valence-corrected chi connectivity index (χ4v) is 1.69. The smallest absolute Gasteiger partial charge is 0.196 e. The van der Waals surface area contributed by atoms with E-state index < -0.39 is 0 Å². The summed E-state index contributed by atoms with van der Waals surface area (Å²) in [7, 11) is 2.95. The van der Waals surface area contributed by atoms with Crippen LogP contribution in [-0.2, 0) is 0 Å². The van der Waals surface area contributed by atoms with Gasteiger partial charge in [-0.2, -0.15) is 0 Å². The highest BCUT2D eigenvalue weighted by atomic mass is 16.5. The summed E-state index contributed by atoms with van der Waals surface area (Å²) in [5, 5.41) is 9.92. The van der Waals surface area contributed by atoms with E-state index in [0.29, 0.717) is 17.1 Å². The molecule has 1 rings (SSSR count). The maximum atomic E-state index is 12.3. The zero-order valence-corrected chi connectivity index (χ0v) is 11.6. The summed E-state index contributed by atoms with van der Waals surface area (Å²) in [6, 6.07) is 2.85. The Bertz CT molecular complexity index is 527. The Kier molecular flexibility index (Phi) is 5.18. The van der Waals surface area contributed by atoms with Gasteiger partial charge in [0.25, 0.3) is 0 Å². The summed E-state index contributed by atoms with van der Waals surface area (Å²) in [6.45, 7) is 3.59. The minimum atomic E-state index is -0.265. The first-order valence-electron chi connectivity index (χ1n) is 5.87. The van der Waals surface area contributed by atoms with Crippen molar-refractivity contribution < 1.29 is 19.4 Å². The number of phenolic OH excluding ortho intramolecular Hbond substituents is 1. The third-order valence-corrected chi connectivity index (χ3v) is 2.67. The highest BCUT2D eigenvalue weighted by Gasteiger charge is 2.18. The molecule has 19 heavy (non-hydrogen) atoms. The minimum absolute atomic E-state index is 0.133. The number of allylic oxidation sites excluding steroid dienone is 4. The third-order valence-electron chi connectivity index (χ3n) is 2.67. The number of aromatic hydroxyl groups is 1. The van der Waals surface area contributed by atoms with E-state index in [9.17, 15) is 9.90 Å². The number of hydrogen-bond donors (Lipinski definition) is 1. The van der Waals surface area contributed by atoms with Crippen LogP contribution in [0, 0.1) is 0 Å². The molecular weight excluding hydrogens is 244 g/mol. The highest BCUT2D eigenvalue weighted by Crippen LogP contribution is 2.35. The van der Waals surface area contributed by atoms with E-state index in [-0.39, 0.29) is 17.1 Å². The van der Waals surface area contributed by atoms with Gasteiger partial charge in [-0.1, -0.05) is 18.2 Å². The van der Waals surface area contributed by atoms with Crippen molar-refractivity contribution in [2.45, 2.75) is 13.8 Å². The van der Waals surface area contributed by atoms with Crippen molar-refractivity contribution in [1.82, 2.24) is 0 Å². The molecule has 0 amide bonds. The lowest BCUT2D eigenvalue weighted by atomic mass is 10.0. The summed E-state index contributed by atoms with van der Waals surface area (Å²) < 4.78 is 10.2. The molecule has 0 unspecified atom stereocenters. The number of methoxy groups -OCH3 is 2. The monoisotopic (exact) mass is 262 g/mol. The fraction of sp³-hybridized carbons (Fsp3) is 0.267. The number of carbonyl (C=O) groups excluding carboxylic acids is 1. The predicted octanol–water partition coefficient (Wildman–Crippen LogP) is 3.11. The summed E-state index contributed by atoms with van der Waals surface area (Å²) in [5.41, 5.74) is 0.689. The average molecular weight is 262 g/mol. The van der Waals surface area contributed by atoms with Gasteiger partial charge >= 0.3 is 0 Å². The van der Waals surface area contributed by atoms with E-state index in [4.69, 9.17) is 9.47 Å². The zero-order valence-electron chi connectivity index (χ0n) is 11.6. The molecule has 0 aromatic heterocycles. The van der Waals surface area contributed by atoms with Gasteiger partial charge in [0.2, 0.25) is 0 Å². The van der Waals surface area contributed by atoms with E-state index >= 15 is 0 Å². The fourth-order valence-electron chi connectivity index (χ4n) is 1.69. The van der Waals surface area contributed by atoms with E-state index in [2.05, 4.69) is 0 Å². The van der Waals surface area contributed by atoms with Gasteiger partial charge in [-0.3, -0.25) is 4.79 Å². The third kappa shape index (κ3) is 3.16. The van der Waals surface area contributed by atoms with Crippen molar-refractivity contribution in [3.05, 3.63) is 41.5 Å². The van der Waals surface area contributed by atoms with Crippen molar-refractivity contribution in [2.75, 3.05) is 14.2 Å². The van der Waals surface area contributed by atoms with Crippen LogP contribution in [0.2, 0.25) is 0 Å². The summed E-state index contributed by atoms with van der Waals surface area (Å²) in [5.74, 6) is 0.384. The van der Waals surface area contributed by atoms with Gasteiger partial charge in [-0.05, 0) is 19.9 Å². The van der Waals surface area contributed by atoms with Crippen LogP contribution in [0.15, 0.2) is 35.9 Å². The van der Waals surface area contributed by atoms with Crippen molar-refractivity contribution >= 4 is 5.78 Å². The van der Waals surface area contributed by atoms with Crippen LogP contribution in [-0.4, -0.2) is 25.1 Å².